The molecule has 2 aromatic rings. The molecule has 0 atom stereocenters. The predicted molar refractivity (Wildman–Crippen MR) is 87.2 cm³/mol. The van der Waals surface area contributed by atoms with Crippen molar-refractivity contribution in [2.45, 2.75) is 32.6 Å². The van der Waals surface area contributed by atoms with Crippen LogP contribution in [0.2, 0.25) is 0 Å². The number of aryl methyl sites for hydroxylation is 1. The Morgan fingerprint density at radius 3 is 2.57 bits per heavy atom. The molecule has 0 saturated carbocycles. The van der Waals surface area contributed by atoms with Crippen molar-refractivity contribution in [2.24, 2.45) is 0 Å². The van der Waals surface area contributed by atoms with E-state index in [0.29, 0.717) is 0 Å². The van der Waals surface area contributed by atoms with Crippen molar-refractivity contribution < 1.29 is 0 Å². The summed E-state index contributed by atoms with van der Waals surface area (Å²) in [7, 11) is 0. The smallest absolute Gasteiger partial charge is 0.133 e. The standard InChI is InChI=1S/C17H22N4/c1-14-11-17(19-13-18-14)20-15-7-6-8-16(12-15)21-9-4-2-3-5-10-21/h6-8,11-13H,2-5,9-10H2,1H3,(H,18,19,20). The Morgan fingerprint density at radius 2 is 1.81 bits per heavy atom. The normalized spacial score (nSPS) is 15.6. The number of anilines is 3. The summed E-state index contributed by atoms with van der Waals surface area (Å²) in [6.07, 6.45) is 6.89. The van der Waals surface area contributed by atoms with E-state index in [-0.39, 0.29) is 0 Å². The average molecular weight is 282 g/mol. The number of hydrogen-bond acceptors (Lipinski definition) is 4. The quantitative estimate of drug-likeness (QED) is 0.926. The van der Waals surface area contributed by atoms with Gasteiger partial charge < -0.3 is 10.2 Å². The van der Waals surface area contributed by atoms with Gasteiger partial charge in [0.2, 0.25) is 0 Å². The number of nitrogens with one attached hydrogen (secondary N) is 1. The van der Waals surface area contributed by atoms with Gasteiger partial charge in [0, 0.05) is 36.2 Å². The first-order chi connectivity index (χ1) is 10.3. The lowest BCUT2D eigenvalue weighted by atomic mass is 10.2. The maximum absolute atomic E-state index is 4.26. The van der Waals surface area contributed by atoms with Crippen LogP contribution in [0.25, 0.3) is 0 Å². The van der Waals surface area contributed by atoms with Crippen LogP contribution in [0, 0.1) is 6.92 Å². The third-order valence-corrected chi connectivity index (χ3v) is 3.89. The summed E-state index contributed by atoms with van der Waals surface area (Å²) >= 11 is 0. The van der Waals surface area contributed by atoms with Crippen molar-refractivity contribution in [3.63, 3.8) is 0 Å². The van der Waals surface area contributed by atoms with Crippen LogP contribution in [0.1, 0.15) is 31.4 Å². The summed E-state index contributed by atoms with van der Waals surface area (Å²) in [5, 5.41) is 3.36. The minimum Gasteiger partial charge on any atom is -0.371 e. The lowest BCUT2D eigenvalue weighted by molar-refractivity contribution is 0.726. The Morgan fingerprint density at radius 1 is 1.00 bits per heavy atom. The summed E-state index contributed by atoms with van der Waals surface area (Å²) in [6, 6.07) is 10.6. The number of rotatable bonds is 3. The molecule has 0 radical (unpaired) electrons. The highest BCUT2D eigenvalue weighted by molar-refractivity contribution is 5.63. The zero-order valence-electron chi connectivity index (χ0n) is 12.5. The summed E-state index contributed by atoms with van der Waals surface area (Å²) in [4.78, 5) is 10.9. The van der Waals surface area contributed by atoms with Crippen LogP contribution in [0.5, 0.6) is 0 Å². The van der Waals surface area contributed by atoms with Crippen LogP contribution in [-0.2, 0) is 0 Å². The molecule has 1 N–H and O–H groups in total. The van der Waals surface area contributed by atoms with Gasteiger partial charge in [0.25, 0.3) is 0 Å². The molecule has 2 heterocycles. The van der Waals surface area contributed by atoms with Gasteiger partial charge in [-0.05, 0) is 38.0 Å². The fraction of sp³-hybridized carbons (Fsp3) is 0.412. The van der Waals surface area contributed by atoms with Gasteiger partial charge in [-0.2, -0.15) is 0 Å². The maximum atomic E-state index is 4.26. The van der Waals surface area contributed by atoms with E-state index in [2.05, 4.69) is 44.5 Å². The first-order valence-electron chi connectivity index (χ1n) is 7.72. The minimum atomic E-state index is 0.843. The Kier molecular flexibility index (Phi) is 4.34. The molecule has 1 aliphatic heterocycles. The number of nitrogens with zero attached hydrogens (tertiary/aromatic N) is 3. The lowest BCUT2D eigenvalue weighted by Gasteiger charge is -2.23. The van der Waals surface area contributed by atoms with Gasteiger partial charge in [0.1, 0.15) is 12.1 Å². The fourth-order valence-corrected chi connectivity index (χ4v) is 2.78. The monoisotopic (exact) mass is 282 g/mol. The molecule has 1 aromatic carbocycles. The Labute approximate surface area is 126 Å². The van der Waals surface area contributed by atoms with Crippen LogP contribution in [0.15, 0.2) is 36.7 Å². The van der Waals surface area contributed by atoms with Gasteiger partial charge in [0.05, 0.1) is 0 Å². The molecule has 0 unspecified atom stereocenters. The highest BCUT2D eigenvalue weighted by Gasteiger charge is 2.10. The van der Waals surface area contributed by atoms with Gasteiger partial charge >= 0.3 is 0 Å². The second kappa shape index (κ2) is 6.57. The van der Waals surface area contributed by atoms with Gasteiger partial charge in [-0.1, -0.05) is 18.9 Å². The third-order valence-electron chi connectivity index (χ3n) is 3.89. The van der Waals surface area contributed by atoms with E-state index in [9.17, 15) is 0 Å². The second-order valence-corrected chi connectivity index (χ2v) is 5.62. The van der Waals surface area contributed by atoms with Crippen molar-refractivity contribution in [1.29, 1.82) is 0 Å². The van der Waals surface area contributed by atoms with Crippen molar-refractivity contribution in [2.75, 3.05) is 23.3 Å². The summed E-state index contributed by atoms with van der Waals surface area (Å²) in [6.45, 7) is 4.30. The zero-order valence-corrected chi connectivity index (χ0v) is 12.5. The summed E-state index contributed by atoms with van der Waals surface area (Å²) < 4.78 is 0. The summed E-state index contributed by atoms with van der Waals surface area (Å²) in [5.41, 5.74) is 3.35. The Balaban J connectivity index is 1.76. The minimum absolute atomic E-state index is 0.843. The van der Waals surface area contributed by atoms with Crippen molar-refractivity contribution >= 4 is 17.2 Å². The molecule has 4 nitrogen and oxygen atoms in total. The Bertz CT molecular complexity index is 589. The predicted octanol–water partition coefficient (Wildman–Crippen LogP) is 3.91. The molecule has 3 rings (SSSR count). The second-order valence-electron chi connectivity index (χ2n) is 5.62. The van der Waals surface area contributed by atoms with Crippen molar-refractivity contribution in [1.82, 2.24) is 9.97 Å². The van der Waals surface area contributed by atoms with Crippen LogP contribution in [0.4, 0.5) is 17.2 Å². The SMILES string of the molecule is Cc1cc(Nc2cccc(N3CCCCCC3)c2)ncn1. The first-order valence-corrected chi connectivity index (χ1v) is 7.72. The first kappa shape index (κ1) is 13.9. The van der Waals surface area contributed by atoms with E-state index in [4.69, 9.17) is 0 Å². The molecule has 1 aromatic heterocycles. The molecule has 110 valence electrons. The van der Waals surface area contributed by atoms with Gasteiger partial charge in [-0.3, -0.25) is 0 Å². The molecule has 1 saturated heterocycles. The van der Waals surface area contributed by atoms with Crippen LogP contribution >= 0.6 is 0 Å². The topological polar surface area (TPSA) is 41.0 Å². The largest absolute Gasteiger partial charge is 0.371 e. The van der Waals surface area contributed by atoms with Crippen molar-refractivity contribution in [3.8, 4) is 0 Å². The Hall–Kier alpha value is -2.10. The fourth-order valence-electron chi connectivity index (χ4n) is 2.78. The molecule has 21 heavy (non-hydrogen) atoms. The van der Waals surface area contributed by atoms with E-state index >= 15 is 0 Å². The van der Waals surface area contributed by atoms with E-state index in [1.165, 1.54) is 31.4 Å². The van der Waals surface area contributed by atoms with E-state index in [1.54, 1.807) is 6.33 Å². The number of hydrogen-bond donors (Lipinski definition) is 1. The molecule has 1 aliphatic rings. The maximum Gasteiger partial charge on any atom is 0.133 e. The molecule has 0 spiro atoms. The van der Waals surface area contributed by atoms with Gasteiger partial charge in [0.15, 0.2) is 0 Å². The molecule has 4 heteroatoms. The lowest BCUT2D eigenvalue weighted by Crippen LogP contribution is -2.23. The van der Waals surface area contributed by atoms with Crippen LogP contribution < -0.4 is 10.2 Å². The van der Waals surface area contributed by atoms with E-state index in [1.807, 2.05) is 13.0 Å². The molecular formula is C17H22N4. The zero-order chi connectivity index (χ0) is 14.5. The van der Waals surface area contributed by atoms with E-state index in [0.717, 1.165) is 30.3 Å². The third kappa shape index (κ3) is 3.72. The highest BCUT2D eigenvalue weighted by Crippen LogP contribution is 2.24. The molecule has 0 bridgehead atoms. The van der Waals surface area contributed by atoms with Gasteiger partial charge in [-0.25, -0.2) is 9.97 Å². The van der Waals surface area contributed by atoms with Crippen LogP contribution in [0.3, 0.4) is 0 Å². The molecule has 0 amide bonds. The average Bonchev–Trinajstić information content (AvgIpc) is 2.77. The van der Waals surface area contributed by atoms with Crippen LogP contribution in [-0.4, -0.2) is 23.1 Å². The molecule has 1 fully saturated rings. The van der Waals surface area contributed by atoms with E-state index < -0.39 is 0 Å². The number of benzene rings is 1. The molecule has 0 aliphatic carbocycles. The number of aromatic nitrogens is 2. The summed E-state index contributed by atoms with van der Waals surface area (Å²) in [5.74, 6) is 0.843. The highest BCUT2D eigenvalue weighted by atomic mass is 15.1. The van der Waals surface area contributed by atoms with Crippen molar-refractivity contribution in [3.05, 3.63) is 42.4 Å². The molecular weight excluding hydrogens is 260 g/mol. The van der Waals surface area contributed by atoms with Gasteiger partial charge in [-0.15, -0.1) is 0 Å².